The topological polar surface area (TPSA) is 40.9 Å². The van der Waals surface area contributed by atoms with Gasteiger partial charge in [-0.1, -0.05) is 6.92 Å². The van der Waals surface area contributed by atoms with E-state index in [1.54, 1.807) is 13.0 Å². The lowest BCUT2D eigenvalue weighted by Crippen LogP contribution is -2.01. The Labute approximate surface area is 84.2 Å². The molecule has 0 aliphatic carbocycles. The molecule has 0 fully saturated rings. The molecule has 1 rings (SSSR count). The molecule has 14 heavy (non-hydrogen) atoms. The summed E-state index contributed by atoms with van der Waals surface area (Å²) in [5, 5.41) is 8.83. The molecule has 2 nitrogen and oxygen atoms in total. The van der Waals surface area contributed by atoms with Crippen molar-refractivity contribution >= 4 is 5.78 Å². The number of Topliss-reactive ketones (excluding diaryl/α,β-unsaturated/α-hetero) is 1. The van der Waals surface area contributed by atoms with E-state index in [9.17, 15) is 4.79 Å². The summed E-state index contributed by atoms with van der Waals surface area (Å²) in [6, 6.07) is 5.74. The highest BCUT2D eigenvalue weighted by molar-refractivity contribution is 5.96. The zero-order valence-corrected chi connectivity index (χ0v) is 8.72. The molecule has 0 saturated carbocycles. The molecule has 0 heterocycles. The predicted molar refractivity (Wildman–Crippen MR) is 55.3 cm³/mol. The van der Waals surface area contributed by atoms with Crippen LogP contribution in [-0.4, -0.2) is 5.78 Å². The minimum Gasteiger partial charge on any atom is -0.295 e. The number of hydrogen-bond acceptors (Lipinski definition) is 2. The van der Waals surface area contributed by atoms with Gasteiger partial charge >= 0.3 is 0 Å². The van der Waals surface area contributed by atoms with Crippen molar-refractivity contribution < 1.29 is 4.79 Å². The lowest BCUT2D eigenvalue weighted by molar-refractivity contribution is 0.101. The Morgan fingerprint density at radius 3 is 2.57 bits per heavy atom. The fraction of sp³-hybridized carbons (Fsp3) is 0.333. The number of rotatable bonds is 2. The van der Waals surface area contributed by atoms with E-state index < -0.39 is 0 Å². The quantitative estimate of drug-likeness (QED) is 0.668. The summed E-state index contributed by atoms with van der Waals surface area (Å²) in [5.74, 6) is 0.0643. The second-order valence-electron chi connectivity index (χ2n) is 3.35. The van der Waals surface area contributed by atoms with Crippen LogP contribution in [0.4, 0.5) is 0 Å². The minimum absolute atomic E-state index is 0.0643. The van der Waals surface area contributed by atoms with Gasteiger partial charge in [0.25, 0.3) is 0 Å². The molecular weight excluding hydrogens is 174 g/mol. The summed E-state index contributed by atoms with van der Waals surface area (Å²) >= 11 is 0. The van der Waals surface area contributed by atoms with Crippen molar-refractivity contribution in [2.45, 2.75) is 27.2 Å². The second-order valence-corrected chi connectivity index (χ2v) is 3.35. The van der Waals surface area contributed by atoms with Gasteiger partial charge in [-0.2, -0.15) is 5.26 Å². The van der Waals surface area contributed by atoms with Crippen LogP contribution in [0.15, 0.2) is 12.1 Å². The predicted octanol–water partition coefficient (Wildman–Crippen LogP) is 2.63. The van der Waals surface area contributed by atoms with Crippen molar-refractivity contribution in [2.24, 2.45) is 0 Å². The first kappa shape index (κ1) is 10.5. The van der Waals surface area contributed by atoms with Gasteiger partial charge in [-0.15, -0.1) is 0 Å². The van der Waals surface area contributed by atoms with Crippen LogP contribution in [0.25, 0.3) is 0 Å². The summed E-state index contributed by atoms with van der Waals surface area (Å²) < 4.78 is 0. The smallest absolute Gasteiger partial charge is 0.160 e. The van der Waals surface area contributed by atoms with E-state index in [2.05, 4.69) is 6.07 Å². The third-order valence-corrected chi connectivity index (χ3v) is 2.33. The molecule has 0 radical (unpaired) electrons. The molecule has 0 amide bonds. The molecule has 0 bridgehead atoms. The van der Waals surface area contributed by atoms with Gasteiger partial charge in [0.2, 0.25) is 0 Å². The van der Waals surface area contributed by atoms with Crippen molar-refractivity contribution in [3.63, 3.8) is 0 Å². The molecule has 1 aromatic rings. The third-order valence-electron chi connectivity index (χ3n) is 2.33. The summed E-state index contributed by atoms with van der Waals surface area (Å²) in [5.41, 5.74) is 3.23. The van der Waals surface area contributed by atoms with E-state index in [1.165, 1.54) is 0 Å². The van der Waals surface area contributed by atoms with Crippen LogP contribution in [0.2, 0.25) is 0 Å². The van der Waals surface area contributed by atoms with Crippen molar-refractivity contribution in [1.82, 2.24) is 0 Å². The Hall–Kier alpha value is -1.62. The molecule has 0 aromatic heterocycles. The fourth-order valence-electron chi connectivity index (χ4n) is 1.49. The van der Waals surface area contributed by atoms with Gasteiger partial charge < -0.3 is 0 Å². The molecule has 0 saturated heterocycles. The maximum atomic E-state index is 11.3. The number of benzene rings is 1. The highest BCUT2D eigenvalue weighted by Gasteiger charge is 2.09. The number of nitrogens with zero attached hydrogens (tertiary/aromatic N) is 1. The number of hydrogen-bond donors (Lipinski definition) is 0. The van der Waals surface area contributed by atoms with Crippen LogP contribution in [0, 0.1) is 18.3 Å². The standard InChI is InChI=1S/C12H13NO/c1-4-10-6-11(7-13)8(2)5-12(10)9(3)14/h5-6H,4H2,1-3H3. The lowest BCUT2D eigenvalue weighted by Gasteiger charge is -2.07. The van der Waals surface area contributed by atoms with Gasteiger partial charge in [-0.05, 0) is 43.5 Å². The minimum atomic E-state index is 0.0643. The van der Waals surface area contributed by atoms with E-state index in [0.717, 1.165) is 23.1 Å². The number of ketones is 1. The van der Waals surface area contributed by atoms with Crippen molar-refractivity contribution in [3.05, 3.63) is 34.4 Å². The van der Waals surface area contributed by atoms with E-state index >= 15 is 0 Å². The molecule has 72 valence electrons. The average molecular weight is 187 g/mol. The van der Waals surface area contributed by atoms with Gasteiger partial charge in [0.05, 0.1) is 11.6 Å². The maximum absolute atomic E-state index is 11.3. The highest BCUT2D eigenvalue weighted by Crippen LogP contribution is 2.17. The Bertz CT molecular complexity index is 413. The second kappa shape index (κ2) is 4.06. The number of aryl methyl sites for hydroxylation is 2. The Kier molecular flexibility index (Phi) is 3.03. The first-order chi connectivity index (χ1) is 6.60. The van der Waals surface area contributed by atoms with Gasteiger partial charge in [0.15, 0.2) is 5.78 Å². The zero-order chi connectivity index (χ0) is 10.7. The molecule has 0 aliphatic heterocycles. The van der Waals surface area contributed by atoms with Gasteiger partial charge in [0, 0.05) is 5.56 Å². The number of nitriles is 1. The van der Waals surface area contributed by atoms with Crippen LogP contribution in [-0.2, 0) is 6.42 Å². The van der Waals surface area contributed by atoms with Crippen LogP contribution in [0.1, 0.15) is 40.9 Å². The number of carbonyl (C=O) groups is 1. The van der Waals surface area contributed by atoms with Crippen LogP contribution in [0.3, 0.4) is 0 Å². The first-order valence-electron chi connectivity index (χ1n) is 4.64. The normalized spacial score (nSPS) is 9.57. The summed E-state index contributed by atoms with van der Waals surface area (Å²) in [7, 11) is 0. The summed E-state index contributed by atoms with van der Waals surface area (Å²) in [6.45, 7) is 5.39. The molecule has 0 N–H and O–H groups in total. The Balaban J connectivity index is 3.41. The molecule has 2 heteroatoms. The van der Waals surface area contributed by atoms with Crippen LogP contribution in [0.5, 0.6) is 0 Å². The lowest BCUT2D eigenvalue weighted by atomic mass is 9.96. The van der Waals surface area contributed by atoms with Gasteiger partial charge in [0.1, 0.15) is 0 Å². The van der Waals surface area contributed by atoms with Crippen LogP contribution < -0.4 is 0 Å². The average Bonchev–Trinajstić information content (AvgIpc) is 2.17. The monoisotopic (exact) mass is 187 g/mol. The Morgan fingerprint density at radius 2 is 2.14 bits per heavy atom. The molecule has 0 aliphatic rings. The van der Waals surface area contributed by atoms with Gasteiger partial charge in [-0.3, -0.25) is 4.79 Å². The largest absolute Gasteiger partial charge is 0.295 e. The fourth-order valence-corrected chi connectivity index (χ4v) is 1.49. The molecule has 0 unspecified atom stereocenters. The van der Waals surface area contributed by atoms with Gasteiger partial charge in [-0.25, -0.2) is 0 Å². The molecule has 1 aromatic carbocycles. The SMILES string of the molecule is CCc1cc(C#N)c(C)cc1C(C)=O. The Morgan fingerprint density at radius 1 is 1.50 bits per heavy atom. The van der Waals surface area contributed by atoms with Crippen LogP contribution >= 0.6 is 0 Å². The van der Waals surface area contributed by atoms with E-state index in [1.807, 2.05) is 19.9 Å². The van der Waals surface area contributed by atoms with Crippen molar-refractivity contribution in [1.29, 1.82) is 5.26 Å². The first-order valence-corrected chi connectivity index (χ1v) is 4.64. The maximum Gasteiger partial charge on any atom is 0.160 e. The van der Waals surface area contributed by atoms with E-state index in [0.29, 0.717) is 5.56 Å². The van der Waals surface area contributed by atoms with Crippen molar-refractivity contribution in [2.75, 3.05) is 0 Å². The third kappa shape index (κ3) is 1.82. The van der Waals surface area contributed by atoms with E-state index in [4.69, 9.17) is 5.26 Å². The molecule has 0 atom stereocenters. The zero-order valence-electron chi connectivity index (χ0n) is 8.72. The molecule has 0 spiro atoms. The summed E-state index contributed by atoms with van der Waals surface area (Å²) in [6.07, 6.45) is 0.782. The molecular formula is C12H13NO. The van der Waals surface area contributed by atoms with Crippen molar-refractivity contribution in [3.8, 4) is 6.07 Å². The number of carbonyl (C=O) groups excluding carboxylic acids is 1. The van der Waals surface area contributed by atoms with E-state index in [-0.39, 0.29) is 5.78 Å². The summed E-state index contributed by atoms with van der Waals surface area (Å²) in [4.78, 5) is 11.3. The highest BCUT2D eigenvalue weighted by atomic mass is 16.1.